The molecule has 32 heavy (non-hydrogen) atoms. The Kier molecular flexibility index (Phi) is 5.73. The van der Waals surface area contributed by atoms with Crippen LogP contribution in [0.25, 0.3) is 21.5 Å². The number of rotatable bonds is 5. The predicted octanol–water partition coefficient (Wildman–Crippen LogP) is 6.24. The van der Waals surface area contributed by atoms with Crippen LogP contribution in [0.3, 0.4) is 0 Å². The molecule has 4 aromatic rings. The minimum absolute atomic E-state index is 0.101. The number of fused-ring (bicyclic) bond motifs is 2. The third kappa shape index (κ3) is 3.92. The van der Waals surface area contributed by atoms with Crippen LogP contribution in [0.5, 0.6) is 0 Å². The van der Waals surface area contributed by atoms with Crippen LogP contribution in [-0.4, -0.2) is 27.4 Å². The maximum absolute atomic E-state index is 13.1. The van der Waals surface area contributed by atoms with E-state index in [1.165, 1.54) is 17.1 Å². The van der Waals surface area contributed by atoms with Crippen molar-refractivity contribution in [3.63, 3.8) is 0 Å². The standard InChI is InChI=1S/C27H23N3OS/c1-2-25-26(31)30(18-22-14-8-12-20-10-4-6-16-24(20)22)27(32-25)29-28-17-21-13-7-11-19-9-3-5-15-23(19)21/h3-17,25H,2,18H2,1H3/b28-17-,29-27+/t25-/m1/s1. The second-order valence-electron chi connectivity index (χ2n) is 7.77. The van der Waals surface area contributed by atoms with Crippen molar-refractivity contribution < 1.29 is 4.79 Å². The molecule has 1 amide bonds. The molecule has 0 unspecified atom stereocenters. The zero-order chi connectivity index (χ0) is 21.9. The van der Waals surface area contributed by atoms with E-state index in [4.69, 9.17) is 0 Å². The van der Waals surface area contributed by atoms with Crippen molar-refractivity contribution in [3.8, 4) is 0 Å². The van der Waals surface area contributed by atoms with Gasteiger partial charge >= 0.3 is 0 Å². The average molecular weight is 438 g/mol. The summed E-state index contributed by atoms with van der Waals surface area (Å²) in [5, 5.41) is 14.0. The number of hydrogen-bond donors (Lipinski definition) is 0. The molecule has 1 fully saturated rings. The molecule has 0 N–H and O–H groups in total. The van der Waals surface area contributed by atoms with Gasteiger partial charge in [-0.3, -0.25) is 9.69 Å². The molecular weight excluding hydrogens is 414 g/mol. The van der Waals surface area contributed by atoms with Crippen LogP contribution in [0.15, 0.2) is 95.1 Å². The van der Waals surface area contributed by atoms with E-state index in [2.05, 4.69) is 52.7 Å². The van der Waals surface area contributed by atoms with Crippen LogP contribution in [0, 0.1) is 0 Å². The summed E-state index contributed by atoms with van der Waals surface area (Å²) in [6, 6.07) is 28.8. The Labute approximate surface area is 191 Å². The molecule has 1 atom stereocenters. The number of amidine groups is 1. The van der Waals surface area contributed by atoms with E-state index >= 15 is 0 Å². The SMILES string of the molecule is CC[C@H]1S/C(=N/N=C\c2cccc3ccccc23)N(Cc2cccc3ccccc23)C1=O. The van der Waals surface area contributed by atoms with Gasteiger partial charge in [-0.15, -0.1) is 5.10 Å². The van der Waals surface area contributed by atoms with Gasteiger partial charge in [-0.2, -0.15) is 5.10 Å². The van der Waals surface area contributed by atoms with Crippen molar-refractivity contribution in [1.82, 2.24) is 4.90 Å². The molecule has 4 nitrogen and oxygen atoms in total. The van der Waals surface area contributed by atoms with E-state index in [-0.39, 0.29) is 11.2 Å². The number of benzene rings is 4. The molecule has 1 aliphatic rings. The molecule has 1 heterocycles. The van der Waals surface area contributed by atoms with Crippen molar-refractivity contribution in [3.05, 3.63) is 96.1 Å². The van der Waals surface area contributed by atoms with Crippen LogP contribution < -0.4 is 0 Å². The minimum Gasteiger partial charge on any atom is -0.284 e. The van der Waals surface area contributed by atoms with Gasteiger partial charge in [-0.25, -0.2) is 0 Å². The zero-order valence-electron chi connectivity index (χ0n) is 17.8. The maximum Gasteiger partial charge on any atom is 0.242 e. The van der Waals surface area contributed by atoms with E-state index < -0.39 is 0 Å². The van der Waals surface area contributed by atoms with Gasteiger partial charge in [0, 0.05) is 5.56 Å². The average Bonchev–Trinajstić information content (AvgIpc) is 3.14. The van der Waals surface area contributed by atoms with Gasteiger partial charge in [0.25, 0.3) is 0 Å². The summed E-state index contributed by atoms with van der Waals surface area (Å²) in [7, 11) is 0. The highest BCUT2D eigenvalue weighted by Crippen LogP contribution is 2.32. The van der Waals surface area contributed by atoms with Crippen molar-refractivity contribution in [2.24, 2.45) is 10.2 Å². The molecule has 5 rings (SSSR count). The lowest BCUT2D eigenvalue weighted by Crippen LogP contribution is -2.31. The summed E-state index contributed by atoms with van der Waals surface area (Å²) < 4.78 is 0. The maximum atomic E-state index is 13.1. The number of amides is 1. The first-order chi connectivity index (χ1) is 15.7. The fourth-order valence-corrected chi connectivity index (χ4v) is 5.12. The minimum atomic E-state index is -0.114. The Morgan fingerprint density at radius 2 is 1.53 bits per heavy atom. The number of carbonyl (C=O) groups excluding carboxylic acids is 1. The lowest BCUT2D eigenvalue weighted by atomic mass is 10.0. The molecule has 1 saturated heterocycles. The number of carbonyl (C=O) groups is 1. The summed E-state index contributed by atoms with van der Waals surface area (Å²) in [5.41, 5.74) is 2.12. The highest BCUT2D eigenvalue weighted by Gasteiger charge is 2.37. The summed E-state index contributed by atoms with van der Waals surface area (Å²) in [6.45, 7) is 2.53. The molecule has 1 aliphatic heterocycles. The number of hydrogen-bond acceptors (Lipinski definition) is 4. The van der Waals surface area contributed by atoms with Crippen molar-refractivity contribution >= 4 is 50.6 Å². The summed E-state index contributed by atoms with van der Waals surface area (Å²) in [5.74, 6) is 0.101. The first kappa shape index (κ1) is 20.5. The predicted molar refractivity (Wildman–Crippen MR) is 135 cm³/mol. The van der Waals surface area contributed by atoms with Crippen LogP contribution in [0.1, 0.15) is 24.5 Å². The van der Waals surface area contributed by atoms with E-state index in [1.807, 2.05) is 49.4 Å². The molecule has 0 saturated carbocycles. The fourth-order valence-electron chi connectivity index (χ4n) is 4.09. The Bertz CT molecular complexity index is 1350. The van der Waals surface area contributed by atoms with Crippen LogP contribution >= 0.6 is 11.8 Å². The molecule has 0 spiro atoms. The lowest BCUT2D eigenvalue weighted by Gasteiger charge is -2.17. The molecule has 0 bridgehead atoms. The third-order valence-corrected chi connectivity index (χ3v) is 7.10. The largest absolute Gasteiger partial charge is 0.284 e. The Balaban J connectivity index is 1.46. The van der Waals surface area contributed by atoms with E-state index in [1.54, 1.807) is 11.1 Å². The molecule has 0 aliphatic carbocycles. The number of thioether (sulfide) groups is 1. The topological polar surface area (TPSA) is 45.0 Å². The van der Waals surface area contributed by atoms with E-state index in [9.17, 15) is 4.79 Å². The van der Waals surface area contributed by atoms with Crippen LogP contribution in [0.2, 0.25) is 0 Å². The van der Waals surface area contributed by atoms with Gasteiger partial charge in [-0.1, -0.05) is 104 Å². The van der Waals surface area contributed by atoms with Gasteiger partial charge in [0.05, 0.1) is 18.0 Å². The van der Waals surface area contributed by atoms with E-state index in [0.717, 1.165) is 33.7 Å². The van der Waals surface area contributed by atoms with E-state index in [0.29, 0.717) is 11.7 Å². The van der Waals surface area contributed by atoms with Crippen molar-refractivity contribution in [2.45, 2.75) is 25.1 Å². The van der Waals surface area contributed by atoms with Gasteiger partial charge in [0.1, 0.15) is 0 Å². The van der Waals surface area contributed by atoms with Crippen molar-refractivity contribution in [2.75, 3.05) is 0 Å². The van der Waals surface area contributed by atoms with Gasteiger partial charge in [-0.05, 0) is 33.5 Å². The van der Waals surface area contributed by atoms with Crippen molar-refractivity contribution in [1.29, 1.82) is 0 Å². The Hall–Kier alpha value is -3.44. The second kappa shape index (κ2) is 8.97. The summed E-state index contributed by atoms with van der Waals surface area (Å²) >= 11 is 1.50. The second-order valence-corrected chi connectivity index (χ2v) is 8.94. The molecule has 0 aromatic heterocycles. The zero-order valence-corrected chi connectivity index (χ0v) is 18.6. The van der Waals surface area contributed by atoms with Crippen LogP contribution in [0.4, 0.5) is 0 Å². The summed E-state index contributed by atoms with van der Waals surface area (Å²) in [4.78, 5) is 14.8. The highest BCUT2D eigenvalue weighted by molar-refractivity contribution is 8.15. The normalized spacial score (nSPS) is 17.9. The third-order valence-electron chi connectivity index (χ3n) is 5.76. The smallest absolute Gasteiger partial charge is 0.242 e. The number of nitrogens with zero attached hydrogens (tertiary/aromatic N) is 3. The monoisotopic (exact) mass is 437 g/mol. The van der Waals surface area contributed by atoms with Gasteiger partial charge in [0.2, 0.25) is 5.91 Å². The quantitative estimate of drug-likeness (QED) is 0.274. The molecular formula is C27H23N3OS. The fraction of sp³-hybridized carbons (Fsp3) is 0.148. The van der Waals surface area contributed by atoms with Crippen LogP contribution in [-0.2, 0) is 11.3 Å². The molecule has 5 heteroatoms. The first-order valence-electron chi connectivity index (χ1n) is 10.8. The molecule has 158 valence electrons. The van der Waals surface area contributed by atoms with Gasteiger partial charge in [0.15, 0.2) is 5.17 Å². The summed E-state index contributed by atoms with van der Waals surface area (Å²) in [6.07, 6.45) is 2.54. The molecule has 4 aromatic carbocycles. The Morgan fingerprint density at radius 1 is 0.875 bits per heavy atom. The lowest BCUT2D eigenvalue weighted by molar-refractivity contribution is -0.126. The van der Waals surface area contributed by atoms with Gasteiger partial charge < -0.3 is 0 Å². The highest BCUT2D eigenvalue weighted by atomic mass is 32.2. The first-order valence-corrected chi connectivity index (χ1v) is 11.7. The Morgan fingerprint density at radius 3 is 2.31 bits per heavy atom. The molecule has 0 radical (unpaired) electrons.